The molecule has 3 aliphatic rings. The van der Waals surface area contributed by atoms with Crippen molar-refractivity contribution in [3.63, 3.8) is 0 Å². The van der Waals surface area contributed by atoms with E-state index in [2.05, 4.69) is 15.3 Å². The summed E-state index contributed by atoms with van der Waals surface area (Å²) in [6.45, 7) is 0.916. The lowest BCUT2D eigenvalue weighted by Gasteiger charge is -2.09. The van der Waals surface area contributed by atoms with Crippen molar-refractivity contribution in [2.75, 3.05) is 0 Å². The zero-order valence-corrected chi connectivity index (χ0v) is 9.34. The van der Waals surface area contributed by atoms with Gasteiger partial charge in [0.2, 0.25) is 0 Å². The van der Waals surface area contributed by atoms with Crippen molar-refractivity contribution < 1.29 is 0 Å². The van der Waals surface area contributed by atoms with Crippen molar-refractivity contribution >= 4 is 0 Å². The highest BCUT2D eigenvalue weighted by Crippen LogP contribution is 2.65. The maximum absolute atomic E-state index is 4.25. The smallest absolute Gasteiger partial charge is 0.115 e. The zero-order chi connectivity index (χ0) is 10.5. The Morgan fingerprint density at radius 3 is 2.75 bits per heavy atom. The molecule has 4 atom stereocenters. The molecule has 3 nitrogen and oxygen atoms in total. The summed E-state index contributed by atoms with van der Waals surface area (Å²) in [4.78, 5) is 8.19. The lowest BCUT2D eigenvalue weighted by atomic mass is 10.0. The van der Waals surface area contributed by atoms with Gasteiger partial charge in [0.05, 0.1) is 5.69 Å². The number of rotatable bonds is 3. The van der Waals surface area contributed by atoms with E-state index in [4.69, 9.17) is 0 Å². The van der Waals surface area contributed by atoms with E-state index in [0.717, 1.165) is 42.0 Å². The lowest BCUT2D eigenvalue weighted by Crippen LogP contribution is -2.22. The largest absolute Gasteiger partial charge is 0.308 e. The molecule has 3 heteroatoms. The van der Waals surface area contributed by atoms with Crippen LogP contribution in [0.15, 0.2) is 18.6 Å². The third-order valence-corrected chi connectivity index (χ3v) is 4.90. The number of aromatic nitrogens is 2. The summed E-state index contributed by atoms with van der Waals surface area (Å²) in [7, 11) is 0. The van der Waals surface area contributed by atoms with Crippen LogP contribution < -0.4 is 5.32 Å². The molecule has 3 aliphatic carbocycles. The fourth-order valence-corrected chi connectivity index (χ4v) is 4.24. The quantitative estimate of drug-likeness (QED) is 0.832. The van der Waals surface area contributed by atoms with Crippen LogP contribution in [0.4, 0.5) is 0 Å². The minimum absolute atomic E-state index is 0.807. The Bertz CT molecular complexity index is 375. The summed E-state index contributed by atoms with van der Waals surface area (Å²) in [5.41, 5.74) is 1.12. The lowest BCUT2D eigenvalue weighted by molar-refractivity contribution is 0.456. The second-order valence-corrected chi connectivity index (χ2v) is 5.60. The summed E-state index contributed by atoms with van der Waals surface area (Å²) < 4.78 is 0. The number of hydrogen-bond donors (Lipinski definition) is 1. The average molecular weight is 215 g/mol. The van der Waals surface area contributed by atoms with Crippen LogP contribution in [0.3, 0.4) is 0 Å². The van der Waals surface area contributed by atoms with Crippen molar-refractivity contribution in [1.29, 1.82) is 0 Å². The van der Waals surface area contributed by atoms with E-state index in [9.17, 15) is 0 Å². The summed E-state index contributed by atoms with van der Waals surface area (Å²) in [5, 5.41) is 3.69. The van der Waals surface area contributed by atoms with Crippen molar-refractivity contribution in [3.05, 3.63) is 24.3 Å². The van der Waals surface area contributed by atoms with Crippen LogP contribution in [0.1, 0.15) is 25.0 Å². The summed E-state index contributed by atoms with van der Waals surface area (Å²) in [5.74, 6) is 4.14. The van der Waals surface area contributed by atoms with Gasteiger partial charge in [-0.25, -0.2) is 9.97 Å². The first-order valence-electron chi connectivity index (χ1n) is 6.42. The molecule has 0 amide bonds. The molecule has 16 heavy (non-hydrogen) atoms. The second-order valence-electron chi connectivity index (χ2n) is 5.60. The van der Waals surface area contributed by atoms with Crippen molar-refractivity contribution in [2.45, 2.75) is 31.8 Å². The first-order chi connectivity index (χ1) is 7.93. The summed E-state index contributed by atoms with van der Waals surface area (Å²) in [6, 6.07) is 2.81. The highest BCUT2D eigenvalue weighted by Gasteiger charge is 2.64. The molecule has 1 aromatic heterocycles. The van der Waals surface area contributed by atoms with Gasteiger partial charge in [0, 0.05) is 18.8 Å². The van der Waals surface area contributed by atoms with Crippen LogP contribution in [0, 0.1) is 23.7 Å². The van der Waals surface area contributed by atoms with Gasteiger partial charge in [-0.15, -0.1) is 0 Å². The van der Waals surface area contributed by atoms with Gasteiger partial charge in [-0.05, 0) is 49.0 Å². The molecule has 84 valence electrons. The minimum Gasteiger partial charge on any atom is -0.308 e. The van der Waals surface area contributed by atoms with Crippen LogP contribution in [0.2, 0.25) is 0 Å². The third kappa shape index (κ3) is 1.24. The molecule has 1 aromatic rings. The third-order valence-electron chi connectivity index (χ3n) is 4.90. The van der Waals surface area contributed by atoms with E-state index in [1.54, 1.807) is 6.33 Å². The molecule has 2 bridgehead atoms. The Morgan fingerprint density at radius 2 is 2.06 bits per heavy atom. The monoisotopic (exact) mass is 215 g/mol. The van der Waals surface area contributed by atoms with Gasteiger partial charge < -0.3 is 5.32 Å². The number of hydrogen-bond acceptors (Lipinski definition) is 3. The Balaban J connectivity index is 1.38. The highest BCUT2D eigenvalue weighted by atomic mass is 15.0. The van der Waals surface area contributed by atoms with Crippen LogP contribution in [-0.2, 0) is 6.54 Å². The molecule has 1 heterocycles. The predicted molar refractivity (Wildman–Crippen MR) is 60.5 cm³/mol. The van der Waals surface area contributed by atoms with Gasteiger partial charge in [-0.2, -0.15) is 0 Å². The molecule has 0 aromatic carbocycles. The second kappa shape index (κ2) is 3.27. The van der Waals surface area contributed by atoms with Crippen LogP contribution in [-0.4, -0.2) is 16.0 Å². The molecule has 0 aliphatic heterocycles. The fraction of sp³-hybridized carbons (Fsp3) is 0.692. The normalized spacial score (nSPS) is 43.4. The van der Waals surface area contributed by atoms with Gasteiger partial charge in [-0.3, -0.25) is 0 Å². The average Bonchev–Trinajstić information content (AvgIpc) is 2.72. The van der Waals surface area contributed by atoms with Gasteiger partial charge in [-0.1, -0.05) is 0 Å². The van der Waals surface area contributed by atoms with E-state index >= 15 is 0 Å². The molecule has 0 saturated heterocycles. The van der Waals surface area contributed by atoms with Crippen molar-refractivity contribution in [2.24, 2.45) is 23.7 Å². The van der Waals surface area contributed by atoms with Crippen molar-refractivity contribution in [1.82, 2.24) is 15.3 Å². The summed E-state index contributed by atoms with van der Waals surface area (Å²) >= 11 is 0. The van der Waals surface area contributed by atoms with Gasteiger partial charge in [0.1, 0.15) is 6.33 Å². The maximum Gasteiger partial charge on any atom is 0.115 e. The fourth-order valence-electron chi connectivity index (χ4n) is 4.24. The Morgan fingerprint density at radius 1 is 1.25 bits per heavy atom. The van der Waals surface area contributed by atoms with Gasteiger partial charge in [0.25, 0.3) is 0 Å². The predicted octanol–water partition coefficient (Wildman–Crippen LogP) is 1.61. The van der Waals surface area contributed by atoms with Crippen LogP contribution in [0.25, 0.3) is 0 Å². The first-order valence-corrected chi connectivity index (χ1v) is 6.42. The molecular weight excluding hydrogens is 198 g/mol. The Kier molecular flexibility index (Phi) is 1.86. The van der Waals surface area contributed by atoms with Crippen molar-refractivity contribution in [3.8, 4) is 0 Å². The Labute approximate surface area is 95.7 Å². The molecule has 1 N–H and O–H groups in total. The van der Waals surface area contributed by atoms with E-state index in [-0.39, 0.29) is 0 Å². The molecular formula is C13H17N3. The SMILES string of the molecule is c1cc(CNC2C3C4CCC(C4)C23)ncn1. The van der Waals surface area contributed by atoms with E-state index in [1.165, 1.54) is 19.3 Å². The zero-order valence-electron chi connectivity index (χ0n) is 9.34. The molecule has 0 radical (unpaired) electrons. The van der Waals surface area contributed by atoms with Crippen LogP contribution >= 0.6 is 0 Å². The molecule has 0 spiro atoms. The molecule has 4 unspecified atom stereocenters. The minimum atomic E-state index is 0.807. The Hall–Kier alpha value is -0.960. The van der Waals surface area contributed by atoms with E-state index in [0.29, 0.717) is 0 Å². The topological polar surface area (TPSA) is 37.8 Å². The standard InChI is InChI=1S/C13H17N3/c1-2-9-5-8(1)11-12(9)13(11)15-6-10-3-4-14-7-16-10/h3-4,7-9,11-13,15H,1-2,5-6H2. The number of nitrogens with zero attached hydrogens (tertiary/aromatic N) is 2. The number of nitrogens with one attached hydrogen (secondary N) is 1. The first kappa shape index (κ1) is 9.11. The molecule has 4 rings (SSSR count). The van der Waals surface area contributed by atoms with E-state index < -0.39 is 0 Å². The molecule has 3 saturated carbocycles. The van der Waals surface area contributed by atoms with E-state index in [1.807, 2.05) is 12.3 Å². The highest BCUT2D eigenvalue weighted by molar-refractivity contribution is 5.17. The maximum atomic E-state index is 4.25. The van der Waals surface area contributed by atoms with Gasteiger partial charge >= 0.3 is 0 Å². The molecule has 3 fully saturated rings. The van der Waals surface area contributed by atoms with Crippen LogP contribution in [0.5, 0.6) is 0 Å². The number of fused-ring (bicyclic) bond motifs is 5. The summed E-state index contributed by atoms with van der Waals surface area (Å²) in [6.07, 6.45) is 7.98. The van der Waals surface area contributed by atoms with Gasteiger partial charge in [0.15, 0.2) is 0 Å².